The number of hydrogen-bond donors (Lipinski definition) is 2. The molecule has 0 atom stereocenters. The summed E-state index contributed by atoms with van der Waals surface area (Å²) in [6, 6.07) is 0. The van der Waals surface area contributed by atoms with E-state index in [1.54, 1.807) is 0 Å². The zero-order valence-corrected chi connectivity index (χ0v) is 18.5. The Morgan fingerprint density at radius 1 is 0.536 bits per heavy atom. The summed E-state index contributed by atoms with van der Waals surface area (Å²) in [6.45, 7) is 16.1. The quantitative estimate of drug-likeness (QED) is 0.401. The summed E-state index contributed by atoms with van der Waals surface area (Å²) in [7, 11) is 0. The highest BCUT2D eigenvalue weighted by Crippen LogP contribution is 2.12. The summed E-state index contributed by atoms with van der Waals surface area (Å²) >= 11 is 0. The summed E-state index contributed by atoms with van der Waals surface area (Å²) in [6.07, 6.45) is 0. The van der Waals surface area contributed by atoms with Crippen molar-refractivity contribution < 1.29 is 28.5 Å². The van der Waals surface area contributed by atoms with Gasteiger partial charge in [-0.25, -0.2) is 0 Å². The average molecular weight is 405 g/mol. The smallest absolute Gasteiger partial charge is 0.225 e. The van der Waals surface area contributed by atoms with E-state index in [9.17, 15) is 9.59 Å². The van der Waals surface area contributed by atoms with Crippen molar-refractivity contribution in [3.05, 3.63) is 0 Å². The summed E-state index contributed by atoms with van der Waals surface area (Å²) in [5.41, 5.74) is -0.757. The topological polar surface area (TPSA) is 95.1 Å². The molecule has 0 rings (SSSR count). The predicted octanol–water partition coefficient (Wildman–Crippen LogP) is 1.38. The molecule has 8 nitrogen and oxygen atoms in total. The van der Waals surface area contributed by atoms with Crippen molar-refractivity contribution in [3.63, 3.8) is 0 Å². The van der Waals surface area contributed by atoms with E-state index in [2.05, 4.69) is 10.6 Å². The Bertz CT molecular complexity index is 389. The molecule has 0 bridgehead atoms. The normalized spacial score (nSPS) is 12.1. The van der Waals surface area contributed by atoms with Crippen molar-refractivity contribution in [2.75, 3.05) is 65.9 Å². The van der Waals surface area contributed by atoms with E-state index >= 15 is 0 Å². The number of carbonyl (C=O) groups is 2. The van der Waals surface area contributed by atoms with E-state index in [0.717, 1.165) is 0 Å². The molecule has 0 radical (unpaired) electrons. The number of hydrogen-bond acceptors (Lipinski definition) is 6. The number of rotatable bonds is 15. The van der Waals surface area contributed by atoms with Crippen LogP contribution in [0.25, 0.3) is 0 Å². The first kappa shape index (κ1) is 26.8. The van der Waals surface area contributed by atoms with Crippen molar-refractivity contribution >= 4 is 11.8 Å². The third-order valence-corrected chi connectivity index (χ3v) is 3.54. The minimum atomic E-state index is -0.379. The molecule has 8 heteroatoms. The molecule has 0 spiro atoms. The number of nitrogens with one attached hydrogen (secondary N) is 2. The van der Waals surface area contributed by atoms with Gasteiger partial charge in [-0.3, -0.25) is 9.59 Å². The average Bonchev–Trinajstić information content (AvgIpc) is 2.59. The van der Waals surface area contributed by atoms with Gasteiger partial charge in [-0.2, -0.15) is 0 Å². The fourth-order valence-corrected chi connectivity index (χ4v) is 1.77. The summed E-state index contributed by atoms with van der Waals surface area (Å²) in [4.78, 5) is 23.3. The van der Waals surface area contributed by atoms with Crippen LogP contribution in [0.4, 0.5) is 0 Å². The van der Waals surface area contributed by atoms with Gasteiger partial charge in [0.2, 0.25) is 11.8 Å². The number of ether oxygens (including phenoxy) is 4. The molecule has 2 N–H and O–H groups in total. The van der Waals surface area contributed by atoms with Gasteiger partial charge in [0.05, 0.1) is 52.9 Å². The lowest BCUT2D eigenvalue weighted by Crippen LogP contribution is -2.36. The van der Waals surface area contributed by atoms with Crippen LogP contribution in [0.3, 0.4) is 0 Å². The lowest BCUT2D eigenvalue weighted by molar-refractivity contribution is -0.129. The maximum atomic E-state index is 11.6. The van der Waals surface area contributed by atoms with Gasteiger partial charge >= 0.3 is 0 Å². The Balaban J connectivity index is 3.24. The summed E-state index contributed by atoms with van der Waals surface area (Å²) < 4.78 is 21.6. The van der Waals surface area contributed by atoms with Crippen molar-refractivity contribution in [1.29, 1.82) is 0 Å². The minimum Gasteiger partial charge on any atom is -0.377 e. The highest BCUT2D eigenvalue weighted by molar-refractivity contribution is 5.81. The van der Waals surface area contributed by atoms with E-state index < -0.39 is 0 Å². The summed E-state index contributed by atoms with van der Waals surface area (Å²) in [5, 5.41) is 5.64. The largest absolute Gasteiger partial charge is 0.377 e. The van der Waals surface area contributed by atoms with E-state index in [1.165, 1.54) is 0 Å². The maximum absolute atomic E-state index is 11.6. The molecule has 0 aliphatic carbocycles. The van der Waals surface area contributed by atoms with Gasteiger partial charge in [0, 0.05) is 23.9 Å². The molecule has 0 aromatic carbocycles. The number of amides is 2. The van der Waals surface area contributed by atoms with Crippen LogP contribution in [-0.2, 0) is 28.5 Å². The lowest BCUT2D eigenvalue weighted by atomic mass is 9.96. The molecule has 0 aromatic heterocycles. The van der Waals surface area contributed by atoms with Crippen LogP contribution in [0.5, 0.6) is 0 Å². The minimum absolute atomic E-state index is 0.0168. The third-order valence-electron chi connectivity index (χ3n) is 3.54. The molecule has 2 amide bonds. The zero-order valence-electron chi connectivity index (χ0n) is 18.5. The molecule has 0 fully saturated rings. The van der Waals surface area contributed by atoms with Crippen LogP contribution in [0.2, 0.25) is 0 Å². The standard InChI is InChI=1S/C20H40N2O6/c1-19(2,3)17(23)21-7-9-25-11-13-27-15-16-28-14-12-26-10-8-22-18(24)20(4,5)6/h7-16H2,1-6H3,(H,21,23)(H,22,24). The van der Waals surface area contributed by atoms with E-state index in [-0.39, 0.29) is 22.6 Å². The fourth-order valence-electron chi connectivity index (χ4n) is 1.77. The summed E-state index contributed by atoms with van der Waals surface area (Å²) in [5.74, 6) is 0.0336. The Kier molecular flexibility index (Phi) is 14.1. The first-order chi connectivity index (χ1) is 13.0. The number of carbonyl (C=O) groups excluding carboxylic acids is 2. The molecule has 0 aromatic rings. The van der Waals surface area contributed by atoms with Crippen LogP contribution < -0.4 is 10.6 Å². The molecule has 0 aliphatic rings. The van der Waals surface area contributed by atoms with E-state index in [1.807, 2.05) is 41.5 Å². The predicted molar refractivity (Wildman–Crippen MR) is 108 cm³/mol. The Labute approximate surface area is 170 Å². The van der Waals surface area contributed by atoms with Gasteiger partial charge in [0.15, 0.2) is 0 Å². The Hall–Kier alpha value is -1.22. The molecular weight excluding hydrogens is 364 g/mol. The van der Waals surface area contributed by atoms with Gasteiger partial charge in [0.1, 0.15) is 0 Å². The van der Waals surface area contributed by atoms with Crippen molar-refractivity contribution in [1.82, 2.24) is 10.6 Å². The van der Waals surface area contributed by atoms with Gasteiger partial charge in [0.25, 0.3) is 0 Å². The molecule has 0 saturated carbocycles. The molecular formula is C20H40N2O6. The molecule has 0 aliphatic heterocycles. The Morgan fingerprint density at radius 2 is 0.786 bits per heavy atom. The molecule has 0 heterocycles. The van der Waals surface area contributed by atoms with Crippen molar-refractivity contribution in [3.8, 4) is 0 Å². The van der Waals surface area contributed by atoms with Gasteiger partial charge in [-0.15, -0.1) is 0 Å². The van der Waals surface area contributed by atoms with Gasteiger partial charge in [-0.05, 0) is 0 Å². The van der Waals surface area contributed by atoms with Crippen LogP contribution in [0.15, 0.2) is 0 Å². The highest BCUT2D eigenvalue weighted by atomic mass is 16.6. The first-order valence-corrected chi connectivity index (χ1v) is 9.92. The molecule has 28 heavy (non-hydrogen) atoms. The Morgan fingerprint density at radius 3 is 1.04 bits per heavy atom. The van der Waals surface area contributed by atoms with Crippen LogP contribution in [-0.4, -0.2) is 77.8 Å². The fraction of sp³-hybridized carbons (Fsp3) is 0.900. The van der Waals surface area contributed by atoms with Crippen LogP contribution >= 0.6 is 0 Å². The van der Waals surface area contributed by atoms with Crippen molar-refractivity contribution in [2.45, 2.75) is 41.5 Å². The zero-order chi connectivity index (χ0) is 21.5. The first-order valence-electron chi connectivity index (χ1n) is 9.92. The molecule has 166 valence electrons. The van der Waals surface area contributed by atoms with Crippen molar-refractivity contribution in [2.24, 2.45) is 10.8 Å². The second kappa shape index (κ2) is 14.7. The van der Waals surface area contributed by atoms with Crippen LogP contribution in [0.1, 0.15) is 41.5 Å². The monoisotopic (exact) mass is 404 g/mol. The second-order valence-corrected chi connectivity index (χ2v) is 8.46. The van der Waals surface area contributed by atoms with E-state index in [0.29, 0.717) is 65.9 Å². The molecule has 0 saturated heterocycles. The third kappa shape index (κ3) is 15.8. The highest BCUT2D eigenvalue weighted by Gasteiger charge is 2.20. The SMILES string of the molecule is CC(C)(C)C(=O)NCCOCCOCCOCCOCCNC(=O)C(C)(C)C. The van der Waals surface area contributed by atoms with Crippen LogP contribution in [0, 0.1) is 10.8 Å². The lowest BCUT2D eigenvalue weighted by Gasteiger charge is -2.17. The maximum Gasteiger partial charge on any atom is 0.225 e. The van der Waals surface area contributed by atoms with Gasteiger partial charge in [-0.1, -0.05) is 41.5 Å². The molecule has 0 unspecified atom stereocenters. The van der Waals surface area contributed by atoms with E-state index in [4.69, 9.17) is 18.9 Å². The van der Waals surface area contributed by atoms with Gasteiger partial charge < -0.3 is 29.6 Å². The second-order valence-electron chi connectivity index (χ2n) is 8.46.